The molecule has 0 saturated carbocycles. The van der Waals surface area contributed by atoms with Gasteiger partial charge in [0.1, 0.15) is 17.2 Å². The lowest BCUT2D eigenvalue weighted by molar-refractivity contribution is -0.139. The van der Waals surface area contributed by atoms with Crippen molar-refractivity contribution in [2.45, 2.75) is 71.7 Å². The molecule has 2 aliphatic rings. The average molecular weight is 844 g/mol. The van der Waals surface area contributed by atoms with Crippen LogP contribution in [0.2, 0.25) is 0 Å². The zero-order valence-corrected chi connectivity index (χ0v) is 34.8. The van der Waals surface area contributed by atoms with E-state index >= 15 is 0 Å². The Labute approximate surface area is 350 Å². The van der Waals surface area contributed by atoms with E-state index in [1.54, 1.807) is 32.9 Å². The van der Waals surface area contributed by atoms with Crippen LogP contribution in [0.4, 0.5) is 24.1 Å². The van der Waals surface area contributed by atoms with Gasteiger partial charge in [0.05, 0.1) is 28.9 Å². The second-order valence-electron chi connectivity index (χ2n) is 16.6. The number of anilines is 2. The Bertz CT molecular complexity index is 2350. The number of nitrogens with zero attached hydrogens (tertiary/aromatic N) is 4. The number of carbonyl (C=O) groups excluding carboxylic acids is 2. The van der Waals surface area contributed by atoms with E-state index in [1.165, 1.54) is 29.5 Å². The van der Waals surface area contributed by atoms with Crippen LogP contribution < -0.4 is 15.0 Å². The van der Waals surface area contributed by atoms with Crippen LogP contribution in [0.5, 0.6) is 5.75 Å². The lowest BCUT2D eigenvalue weighted by atomic mass is 9.88. The Morgan fingerprint density at radius 1 is 0.950 bits per heavy atom. The molecule has 3 aromatic carbocycles. The third-order valence-electron chi connectivity index (χ3n) is 10.8. The molecule has 1 atom stereocenters. The van der Waals surface area contributed by atoms with Crippen LogP contribution in [0.25, 0.3) is 21.3 Å². The first-order valence-electron chi connectivity index (χ1n) is 20.1. The first-order valence-corrected chi connectivity index (χ1v) is 20.9. The van der Waals surface area contributed by atoms with Crippen molar-refractivity contribution in [1.82, 2.24) is 14.9 Å². The highest BCUT2D eigenvalue weighted by atomic mass is 32.1. The van der Waals surface area contributed by atoms with E-state index in [2.05, 4.69) is 15.3 Å². The molecule has 0 aliphatic carbocycles. The molecule has 60 heavy (non-hydrogen) atoms. The number of amides is 1. The molecular weight excluding hydrogens is 796 g/mol. The largest absolute Gasteiger partial charge is 0.493 e. The van der Waals surface area contributed by atoms with Crippen LogP contribution in [0, 0.1) is 11.8 Å². The molecule has 11 nitrogen and oxygen atoms in total. The maximum absolute atomic E-state index is 14.9. The van der Waals surface area contributed by atoms with Gasteiger partial charge in [0.15, 0.2) is 10.8 Å². The zero-order chi connectivity index (χ0) is 42.8. The molecule has 7 rings (SSSR count). The molecule has 5 aromatic rings. The van der Waals surface area contributed by atoms with Gasteiger partial charge in [0.25, 0.3) is 5.91 Å². The number of hydrogen-bond acceptors (Lipinski definition) is 10. The number of thiazole rings is 1. The molecular formula is C45H48F3N5O6S. The Morgan fingerprint density at radius 3 is 2.42 bits per heavy atom. The normalized spacial score (nSPS) is 15.7. The fourth-order valence-electron chi connectivity index (χ4n) is 7.93. The van der Waals surface area contributed by atoms with Gasteiger partial charge >= 0.3 is 18.1 Å². The topological polar surface area (TPSA) is 134 Å². The van der Waals surface area contributed by atoms with Crippen LogP contribution in [0.15, 0.2) is 72.8 Å². The summed E-state index contributed by atoms with van der Waals surface area (Å²) in [4.78, 5) is 51.6. The van der Waals surface area contributed by atoms with Gasteiger partial charge in [-0.1, -0.05) is 48.6 Å². The number of halogens is 3. The molecule has 2 aromatic heterocycles. The van der Waals surface area contributed by atoms with Crippen molar-refractivity contribution < 1.29 is 42.1 Å². The molecule has 0 spiro atoms. The van der Waals surface area contributed by atoms with Gasteiger partial charge in [-0.3, -0.25) is 19.8 Å². The van der Waals surface area contributed by atoms with E-state index < -0.39 is 29.3 Å². The lowest BCUT2D eigenvalue weighted by Gasteiger charge is -2.32. The molecule has 0 radical (unpaired) electrons. The van der Waals surface area contributed by atoms with Crippen molar-refractivity contribution in [2.24, 2.45) is 11.8 Å². The number of aromatic nitrogens is 2. The standard InChI is InChI=1S/C45H48F3N5O6S/c1-27(22-28-16-19-52(20-17-28)25-39(54)55)26-58-30-12-13-31(35(23-30)45(46,47)48)32-14-15-38(50-40(32)42(57)59-44(2,3)4)53-21-18-29-8-7-9-33(34(29)24-53)41(56)51-43-49-36-10-5-6-11-37(36)60-43/h5-15,23,27-28H,16-22,24-26H2,1-4H3,(H,54,55)(H,49,51,56)/t27-/m1/s1. The monoisotopic (exact) mass is 843 g/mol. The van der Waals surface area contributed by atoms with Crippen LogP contribution in [0.3, 0.4) is 0 Å². The number of ether oxygens (including phenoxy) is 2. The van der Waals surface area contributed by atoms with E-state index in [0.717, 1.165) is 46.7 Å². The first-order chi connectivity index (χ1) is 28.5. The number of nitrogens with one attached hydrogen (secondary N) is 1. The SMILES string of the molecule is C[C@@H](COc1ccc(-c2ccc(N3CCc4cccc(C(=O)Nc5nc6ccccc6s5)c4C3)nc2C(=O)OC(C)(C)C)c(C(F)(F)F)c1)CC1CCN(CC(=O)O)CC1. The number of carboxylic acids is 1. The van der Waals surface area contributed by atoms with Crippen LogP contribution in [-0.2, 0) is 28.7 Å². The third-order valence-corrected chi connectivity index (χ3v) is 11.7. The Balaban J connectivity index is 1.12. The maximum atomic E-state index is 14.9. The van der Waals surface area contributed by atoms with E-state index in [0.29, 0.717) is 48.5 Å². The second kappa shape index (κ2) is 17.6. The number of alkyl halides is 3. The number of fused-ring (bicyclic) bond motifs is 2. The smallest absolute Gasteiger partial charge is 0.417 e. The highest BCUT2D eigenvalue weighted by Gasteiger charge is 2.36. The number of piperidine rings is 1. The van der Waals surface area contributed by atoms with Crippen molar-refractivity contribution in [2.75, 3.05) is 43.0 Å². The van der Waals surface area contributed by atoms with Crippen molar-refractivity contribution in [3.63, 3.8) is 0 Å². The molecule has 1 fully saturated rings. The zero-order valence-electron chi connectivity index (χ0n) is 34.0. The van der Waals surface area contributed by atoms with E-state index in [4.69, 9.17) is 14.6 Å². The summed E-state index contributed by atoms with van der Waals surface area (Å²) in [6.07, 6.45) is -1.72. The minimum absolute atomic E-state index is 0.0193. The van der Waals surface area contributed by atoms with Gasteiger partial charge in [0, 0.05) is 24.2 Å². The van der Waals surface area contributed by atoms with Crippen LogP contribution in [0.1, 0.15) is 84.5 Å². The summed E-state index contributed by atoms with van der Waals surface area (Å²) in [5, 5.41) is 12.5. The Morgan fingerprint density at radius 2 is 1.70 bits per heavy atom. The van der Waals surface area contributed by atoms with Crippen molar-refractivity contribution in [3.05, 3.63) is 101 Å². The molecule has 15 heteroatoms. The highest BCUT2D eigenvalue weighted by Crippen LogP contribution is 2.41. The van der Waals surface area contributed by atoms with Gasteiger partial charge in [-0.05, 0) is 131 Å². The minimum Gasteiger partial charge on any atom is -0.493 e. The number of esters is 1. The van der Waals surface area contributed by atoms with Crippen molar-refractivity contribution in [1.29, 1.82) is 0 Å². The molecule has 316 valence electrons. The second-order valence-corrected chi connectivity index (χ2v) is 17.6. The quantitative estimate of drug-likeness (QED) is 0.117. The van der Waals surface area contributed by atoms with Gasteiger partial charge in [0.2, 0.25) is 0 Å². The number of aliphatic carboxylic acids is 1. The number of pyridine rings is 1. The molecule has 2 N–H and O–H groups in total. The molecule has 2 aliphatic heterocycles. The minimum atomic E-state index is -4.80. The number of carboxylic acid groups (broad SMARTS) is 1. The summed E-state index contributed by atoms with van der Waals surface area (Å²) in [5.41, 5.74) is 0.520. The number of carbonyl (C=O) groups is 3. The molecule has 4 heterocycles. The molecule has 1 amide bonds. The summed E-state index contributed by atoms with van der Waals surface area (Å²) in [6.45, 7) is 9.37. The molecule has 0 bridgehead atoms. The number of benzene rings is 3. The summed E-state index contributed by atoms with van der Waals surface area (Å²) in [7, 11) is 0. The van der Waals surface area contributed by atoms with Crippen molar-refractivity contribution in [3.8, 4) is 16.9 Å². The molecule has 0 unspecified atom stereocenters. The first kappa shape index (κ1) is 42.6. The third kappa shape index (κ3) is 10.2. The van der Waals surface area contributed by atoms with Crippen LogP contribution >= 0.6 is 11.3 Å². The maximum Gasteiger partial charge on any atom is 0.417 e. The van der Waals surface area contributed by atoms with E-state index in [-0.39, 0.29) is 54.1 Å². The summed E-state index contributed by atoms with van der Waals surface area (Å²) in [6, 6.07) is 20.0. The number of para-hydroxylation sites is 1. The van der Waals surface area contributed by atoms with Crippen LogP contribution in [-0.4, -0.2) is 76.2 Å². The Hall–Kier alpha value is -5.54. The van der Waals surface area contributed by atoms with E-state index in [1.807, 2.05) is 53.1 Å². The summed E-state index contributed by atoms with van der Waals surface area (Å²) < 4.78 is 57.2. The predicted molar refractivity (Wildman–Crippen MR) is 225 cm³/mol. The molecule has 1 saturated heterocycles. The van der Waals surface area contributed by atoms with Crippen molar-refractivity contribution >= 4 is 50.3 Å². The van der Waals surface area contributed by atoms with Gasteiger partial charge in [-0.15, -0.1) is 0 Å². The fourth-order valence-corrected chi connectivity index (χ4v) is 8.79. The lowest BCUT2D eigenvalue weighted by Crippen LogP contribution is -2.37. The number of hydrogen-bond donors (Lipinski definition) is 2. The predicted octanol–water partition coefficient (Wildman–Crippen LogP) is 9.35. The van der Waals surface area contributed by atoms with Gasteiger partial charge < -0.3 is 19.5 Å². The fraction of sp³-hybridized carbons (Fsp3) is 0.400. The van der Waals surface area contributed by atoms with Gasteiger partial charge in [-0.2, -0.15) is 13.2 Å². The van der Waals surface area contributed by atoms with E-state index in [9.17, 15) is 27.6 Å². The average Bonchev–Trinajstić information content (AvgIpc) is 3.61. The number of likely N-dealkylation sites (tertiary alicyclic amines) is 1. The van der Waals surface area contributed by atoms with Gasteiger partial charge in [-0.25, -0.2) is 14.8 Å². The summed E-state index contributed by atoms with van der Waals surface area (Å²) >= 11 is 1.38. The number of rotatable bonds is 12. The highest BCUT2D eigenvalue weighted by molar-refractivity contribution is 7.22. The summed E-state index contributed by atoms with van der Waals surface area (Å²) in [5.74, 6) is -1.21. The Kier molecular flexibility index (Phi) is 12.5.